The van der Waals surface area contributed by atoms with Crippen molar-refractivity contribution in [3.05, 3.63) is 112 Å². The number of benzene rings is 3. The van der Waals surface area contributed by atoms with E-state index in [1.54, 1.807) is 0 Å². The van der Waals surface area contributed by atoms with Crippen LogP contribution in [0.25, 0.3) is 21.5 Å². The molecule has 1 aliphatic carbocycles. The summed E-state index contributed by atoms with van der Waals surface area (Å²) in [4.78, 5) is 0. The predicted molar refractivity (Wildman–Crippen MR) is 189 cm³/mol. The van der Waals surface area contributed by atoms with Crippen LogP contribution in [0.15, 0.2) is 84.0 Å². The zero-order valence-corrected chi connectivity index (χ0v) is 31.7. The molecule has 0 nitrogen and oxygen atoms in total. The summed E-state index contributed by atoms with van der Waals surface area (Å²) in [5, 5.41) is 5.48. The molecule has 4 aromatic rings. The molecule has 0 amide bonds. The summed E-state index contributed by atoms with van der Waals surface area (Å²) in [5.74, 6) is 0.522. The van der Waals surface area contributed by atoms with E-state index in [0.717, 1.165) is 6.42 Å². The molecule has 0 spiro atoms. The van der Waals surface area contributed by atoms with Gasteiger partial charge in [-0.3, -0.25) is 6.08 Å². The normalized spacial score (nSPS) is 15.4. The van der Waals surface area contributed by atoms with Crippen molar-refractivity contribution in [1.82, 2.24) is 0 Å². The molecule has 226 valence electrons. The van der Waals surface area contributed by atoms with Gasteiger partial charge in [-0.25, -0.2) is 5.57 Å². The summed E-state index contributed by atoms with van der Waals surface area (Å²) in [6.07, 6.45) is 6.95. The third kappa shape index (κ3) is 9.38. The number of rotatable bonds is 2. The fourth-order valence-electron chi connectivity index (χ4n) is 5.50. The van der Waals surface area contributed by atoms with Crippen LogP contribution in [-0.4, -0.2) is 3.21 Å². The van der Waals surface area contributed by atoms with Gasteiger partial charge in [0.1, 0.15) is 0 Å². The first-order valence-corrected chi connectivity index (χ1v) is 17.2. The molecule has 0 saturated heterocycles. The summed E-state index contributed by atoms with van der Waals surface area (Å²) in [5.41, 5.74) is 9.14. The molecule has 0 aliphatic heterocycles. The molecule has 43 heavy (non-hydrogen) atoms. The zero-order chi connectivity index (χ0) is 32.3. The van der Waals surface area contributed by atoms with Crippen LogP contribution in [0.2, 0.25) is 0 Å². The van der Waals surface area contributed by atoms with E-state index in [2.05, 4.69) is 169 Å². The molecule has 0 radical (unpaired) electrons. The number of allylic oxidation sites excluding steroid dienone is 4. The molecule has 1 aliphatic rings. The van der Waals surface area contributed by atoms with E-state index < -0.39 is 0 Å². The Morgan fingerprint density at radius 1 is 0.744 bits per heavy atom. The van der Waals surface area contributed by atoms with E-state index in [-0.39, 0.29) is 10.8 Å². The SMILES string of the molecule is CC(C)(C)c1ccc2c(c1)[cH-]c1cc(C(C)(C)C)ccc12.CCC1=[C-]C(C)C=C1C(C)(C)C.C[C](=[Zr+2])c1ccc(C)cc1. The third-order valence-corrected chi connectivity index (χ3v) is 8.94. The van der Waals surface area contributed by atoms with Crippen LogP contribution in [0.4, 0.5) is 0 Å². The van der Waals surface area contributed by atoms with Crippen molar-refractivity contribution < 1.29 is 24.2 Å². The molecular weight excluding hydrogens is 596 g/mol. The Hall–Kier alpha value is -2.24. The predicted octanol–water partition coefficient (Wildman–Crippen LogP) is 12.1. The minimum absolute atomic E-state index is 0.203. The standard InChI is InChI=1S/C21H25.C12H19.C9H10.Zr/c1-20(2,3)16-7-9-18-14(12-16)11-15-13-17(21(4,5)6)8-10-19(15)18;1-6-10-7-9(2)8-11(10)12(3,4)5;1-3-9-6-4-8(2)5-7-9;/h7-13H,1-6H3;8-9H,6H2,1-5H3;4-7H,1-2H3;/q2*-1;;+2. The van der Waals surface area contributed by atoms with Crippen molar-refractivity contribution in [2.24, 2.45) is 11.3 Å². The number of hydrogen-bond acceptors (Lipinski definition) is 0. The van der Waals surface area contributed by atoms with Gasteiger partial charge in [0.05, 0.1) is 0 Å². The van der Waals surface area contributed by atoms with Gasteiger partial charge in [-0.15, -0.1) is 39.7 Å². The fourth-order valence-corrected chi connectivity index (χ4v) is 5.91. The first-order valence-electron chi connectivity index (χ1n) is 15.9. The Labute approximate surface area is 278 Å². The zero-order valence-electron chi connectivity index (χ0n) is 29.2. The maximum atomic E-state index is 3.48. The van der Waals surface area contributed by atoms with Crippen LogP contribution in [0.5, 0.6) is 0 Å². The molecule has 4 aromatic carbocycles. The molecule has 1 heteroatoms. The van der Waals surface area contributed by atoms with Gasteiger partial charge in [-0.1, -0.05) is 129 Å². The van der Waals surface area contributed by atoms with Crippen molar-refractivity contribution >= 4 is 24.8 Å². The molecule has 1 unspecified atom stereocenters. The molecule has 0 heterocycles. The summed E-state index contributed by atoms with van der Waals surface area (Å²) in [6, 6.07) is 24.8. The maximum absolute atomic E-state index is 3.48. The first kappa shape index (κ1) is 35.2. The van der Waals surface area contributed by atoms with Crippen LogP contribution in [0.1, 0.15) is 112 Å². The monoisotopic (exact) mass is 648 g/mol. The molecule has 0 saturated carbocycles. The summed E-state index contributed by atoms with van der Waals surface area (Å²) in [7, 11) is 0. The van der Waals surface area contributed by atoms with Crippen LogP contribution < -0.4 is 0 Å². The second-order valence-electron chi connectivity index (χ2n) is 15.3. The van der Waals surface area contributed by atoms with Crippen molar-refractivity contribution in [1.29, 1.82) is 0 Å². The topological polar surface area (TPSA) is 0 Å². The van der Waals surface area contributed by atoms with E-state index >= 15 is 0 Å². The third-order valence-electron chi connectivity index (χ3n) is 8.23. The first-order chi connectivity index (χ1) is 19.8. The van der Waals surface area contributed by atoms with E-state index in [9.17, 15) is 0 Å². The van der Waals surface area contributed by atoms with Gasteiger partial charge >= 0.3 is 76.7 Å². The number of fused-ring (bicyclic) bond motifs is 3. The average molecular weight is 650 g/mol. The molecule has 0 fully saturated rings. The van der Waals surface area contributed by atoms with Gasteiger partial charge in [0, 0.05) is 0 Å². The van der Waals surface area contributed by atoms with Crippen molar-refractivity contribution in [2.75, 3.05) is 0 Å². The Morgan fingerprint density at radius 3 is 1.56 bits per heavy atom. The Bertz CT molecular complexity index is 1550. The molecule has 1 atom stereocenters. The summed E-state index contributed by atoms with van der Waals surface area (Å²) < 4.78 is 1.46. The van der Waals surface area contributed by atoms with Gasteiger partial charge in [0.25, 0.3) is 0 Å². The quantitative estimate of drug-likeness (QED) is 0.190. The van der Waals surface area contributed by atoms with Crippen LogP contribution in [-0.2, 0) is 35.1 Å². The van der Waals surface area contributed by atoms with E-state index in [4.69, 9.17) is 0 Å². The van der Waals surface area contributed by atoms with Gasteiger partial charge in [-0.2, -0.15) is 11.6 Å². The summed E-state index contributed by atoms with van der Waals surface area (Å²) >= 11 is 1.51. The molecular formula is C42H54Zr. The van der Waals surface area contributed by atoms with E-state index in [1.165, 1.54) is 82.4 Å². The van der Waals surface area contributed by atoms with Crippen LogP contribution in [0.3, 0.4) is 0 Å². The molecule has 0 aromatic heterocycles. The second kappa shape index (κ2) is 13.8. The number of aryl methyl sites for hydroxylation is 1. The van der Waals surface area contributed by atoms with E-state index in [0.29, 0.717) is 11.3 Å². The summed E-state index contributed by atoms with van der Waals surface area (Å²) in [6.45, 7) is 29.1. The van der Waals surface area contributed by atoms with Crippen molar-refractivity contribution in [2.45, 2.75) is 107 Å². The van der Waals surface area contributed by atoms with Gasteiger partial charge in [0.2, 0.25) is 0 Å². The van der Waals surface area contributed by atoms with Crippen LogP contribution >= 0.6 is 0 Å². The number of hydrogen-bond donors (Lipinski definition) is 0. The average Bonchev–Trinajstić information content (AvgIpc) is 3.48. The van der Waals surface area contributed by atoms with E-state index in [1.807, 2.05) is 0 Å². The Balaban J connectivity index is 0.000000195. The molecule has 0 bridgehead atoms. The Kier molecular flexibility index (Phi) is 11.3. The van der Waals surface area contributed by atoms with Crippen molar-refractivity contribution in [3.8, 4) is 0 Å². The minimum atomic E-state index is 0.203. The fraction of sp³-hybridized carbons (Fsp3) is 0.429. The Morgan fingerprint density at radius 2 is 1.21 bits per heavy atom. The van der Waals surface area contributed by atoms with Gasteiger partial charge in [0.15, 0.2) is 0 Å². The molecule has 0 N–H and O–H groups in total. The second-order valence-corrected chi connectivity index (χ2v) is 17.2. The molecule has 5 rings (SSSR count). The van der Waals surface area contributed by atoms with Gasteiger partial charge in [-0.05, 0) is 10.8 Å². The van der Waals surface area contributed by atoms with Crippen molar-refractivity contribution in [3.63, 3.8) is 0 Å². The van der Waals surface area contributed by atoms with Crippen LogP contribution in [0, 0.1) is 24.3 Å². The van der Waals surface area contributed by atoms with Gasteiger partial charge < -0.3 is 0 Å².